The topological polar surface area (TPSA) is 23.6 Å². The lowest BCUT2D eigenvalue weighted by molar-refractivity contribution is 0.0789. The molecule has 1 saturated heterocycles. The van der Waals surface area contributed by atoms with Gasteiger partial charge >= 0.3 is 0 Å². The second-order valence-electron chi connectivity index (χ2n) is 6.06. The Morgan fingerprint density at radius 2 is 1.77 bits per heavy atom. The quantitative estimate of drug-likeness (QED) is 0.856. The lowest BCUT2D eigenvalue weighted by Gasteiger charge is -2.24. The minimum atomic E-state index is 0.141. The Bertz CT molecular complexity index is 653. The number of carbonyl (C=O) groups excluding carboxylic acids is 1. The van der Waals surface area contributed by atoms with Crippen molar-refractivity contribution in [2.24, 2.45) is 5.92 Å². The number of nitrogens with zero attached hydrogens (tertiary/aromatic N) is 2. The highest BCUT2D eigenvalue weighted by Gasteiger charge is 2.26. The van der Waals surface area contributed by atoms with Crippen LogP contribution in [0.4, 0.5) is 11.4 Å². The Kier molecular flexibility index (Phi) is 4.14. The van der Waals surface area contributed by atoms with E-state index >= 15 is 0 Å². The van der Waals surface area contributed by atoms with E-state index in [0.717, 1.165) is 36.4 Å². The molecular formula is C19H22N2O. The minimum absolute atomic E-state index is 0.141. The monoisotopic (exact) mass is 294 g/mol. The van der Waals surface area contributed by atoms with E-state index in [1.54, 1.807) is 0 Å². The van der Waals surface area contributed by atoms with Gasteiger partial charge < -0.3 is 9.80 Å². The number of carbonyl (C=O) groups is 1. The predicted octanol–water partition coefficient (Wildman–Crippen LogP) is 3.94. The van der Waals surface area contributed by atoms with Gasteiger partial charge in [0.05, 0.1) is 11.3 Å². The molecule has 0 aromatic heterocycles. The third kappa shape index (κ3) is 2.84. The van der Waals surface area contributed by atoms with Crippen LogP contribution in [0.3, 0.4) is 0 Å². The average molecular weight is 294 g/mol. The molecule has 1 atom stereocenters. The molecule has 3 heteroatoms. The van der Waals surface area contributed by atoms with Crippen LogP contribution in [0.5, 0.6) is 0 Å². The number of hydrogen-bond acceptors (Lipinski definition) is 2. The summed E-state index contributed by atoms with van der Waals surface area (Å²) in [7, 11) is 2.01. The Morgan fingerprint density at radius 1 is 1.09 bits per heavy atom. The van der Waals surface area contributed by atoms with E-state index in [4.69, 9.17) is 0 Å². The predicted molar refractivity (Wildman–Crippen MR) is 90.6 cm³/mol. The Balaban J connectivity index is 1.91. The van der Waals surface area contributed by atoms with Crippen LogP contribution in [0.2, 0.25) is 0 Å². The van der Waals surface area contributed by atoms with Crippen LogP contribution in [-0.4, -0.2) is 30.9 Å². The van der Waals surface area contributed by atoms with Crippen LogP contribution in [0, 0.1) is 5.92 Å². The molecule has 1 fully saturated rings. The smallest absolute Gasteiger partial charge is 0.255 e. The molecule has 3 rings (SSSR count). The van der Waals surface area contributed by atoms with Gasteiger partial charge in [-0.15, -0.1) is 0 Å². The fraction of sp³-hybridized carbons (Fsp3) is 0.316. The lowest BCUT2D eigenvalue weighted by atomic mass is 10.1. The zero-order valence-electron chi connectivity index (χ0n) is 13.2. The van der Waals surface area contributed by atoms with Gasteiger partial charge in [0, 0.05) is 25.8 Å². The van der Waals surface area contributed by atoms with Crippen molar-refractivity contribution in [3.8, 4) is 0 Å². The van der Waals surface area contributed by atoms with Crippen molar-refractivity contribution in [3.05, 3.63) is 60.2 Å². The zero-order valence-corrected chi connectivity index (χ0v) is 13.2. The maximum absolute atomic E-state index is 12.8. The second-order valence-corrected chi connectivity index (χ2v) is 6.06. The number of anilines is 2. The molecule has 1 heterocycles. The molecular weight excluding hydrogens is 272 g/mol. The number of rotatable bonds is 3. The van der Waals surface area contributed by atoms with Crippen LogP contribution in [0.25, 0.3) is 0 Å². The highest BCUT2D eigenvalue weighted by atomic mass is 16.2. The summed E-state index contributed by atoms with van der Waals surface area (Å²) in [6, 6.07) is 18.0. The van der Waals surface area contributed by atoms with E-state index in [2.05, 4.69) is 24.0 Å². The first-order chi connectivity index (χ1) is 10.7. The zero-order chi connectivity index (χ0) is 15.5. The van der Waals surface area contributed by atoms with Crippen molar-refractivity contribution in [3.63, 3.8) is 0 Å². The SMILES string of the molecule is CC1CCN(C(=O)c2ccccc2N(C)c2ccccc2)C1. The van der Waals surface area contributed by atoms with E-state index in [1.165, 1.54) is 0 Å². The van der Waals surface area contributed by atoms with Gasteiger partial charge in [0.1, 0.15) is 0 Å². The van der Waals surface area contributed by atoms with Crippen molar-refractivity contribution < 1.29 is 4.79 Å². The molecule has 1 aliphatic rings. The second kappa shape index (κ2) is 6.22. The van der Waals surface area contributed by atoms with Crippen molar-refractivity contribution in [2.75, 3.05) is 25.0 Å². The fourth-order valence-corrected chi connectivity index (χ4v) is 3.03. The summed E-state index contributed by atoms with van der Waals surface area (Å²) < 4.78 is 0. The average Bonchev–Trinajstić information content (AvgIpc) is 3.01. The van der Waals surface area contributed by atoms with Gasteiger partial charge in [0.25, 0.3) is 5.91 Å². The fourth-order valence-electron chi connectivity index (χ4n) is 3.03. The highest BCUT2D eigenvalue weighted by Crippen LogP contribution is 2.29. The van der Waals surface area contributed by atoms with Gasteiger partial charge in [-0.25, -0.2) is 0 Å². The maximum Gasteiger partial charge on any atom is 0.255 e. The molecule has 0 bridgehead atoms. The molecule has 2 aromatic carbocycles. The van der Waals surface area contributed by atoms with E-state index in [1.807, 2.05) is 54.4 Å². The van der Waals surface area contributed by atoms with Gasteiger partial charge in [0.15, 0.2) is 0 Å². The summed E-state index contributed by atoms with van der Waals surface area (Å²) in [5.41, 5.74) is 2.82. The van der Waals surface area contributed by atoms with Gasteiger partial charge in [-0.05, 0) is 36.6 Å². The molecule has 3 nitrogen and oxygen atoms in total. The normalized spacial score (nSPS) is 17.5. The lowest BCUT2D eigenvalue weighted by Crippen LogP contribution is -2.29. The molecule has 1 amide bonds. The van der Waals surface area contributed by atoms with Crippen molar-refractivity contribution >= 4 is 17.3 Å². The van der Waals surface area contributed by atoms with Gasteiger partial charge in [-0.3, -0.25) is 4.79 Å². The standard InChI is InChI=1S/C19H22N2O/c1-15-12-13-21(14-15)19(22)17-10-6-7-11-18(17)20(2)16-8-4-3-5-9-16/h3-11,15H,12-14H2,1-2H3. The van der Waals surface area contributed by atoms with E-state index < -0.39 is 0 Å². The molecule has 0 spiro atoms. The number of likely N-dealkylation sites (tertiary alicyclic amines) is 1. The minimum Gasteiger partial charge on any atom is -0.344 e. The summed E-state index contributed by atoms with van der Waals surface area (Å²) in [5, 5.41) is 0. The Morgan fingerprint density at radius 3 is 2.45 bits per heavy atom. The van der Waals surface area contributed by atoms with Gasteiger partial charge in [-0.1, -0.05) is 37.3 Å². The largest absolute Gasteiger partial charge is 0.344 e. The summed E-state index contributed by atoms with van der Waals surface area (Å²) in [6.07, 6.45) is 1.10. The third-order valence-corrected chi connectivity index (χ3v) is 4.35. The molecule has 1 unspecified atom stereocenters. The molecule has 114 valence electrons. The first-order valence-corrected chi connectivity index (χ1v) is 7.84. The maximum atomic E-state index is 12.8. The van der Waals surface area contributed by atoms with Crippen LogP contribution in [0.1, 0.15) is 23.7 Å². The summed E-state index contributed by atoms with van der Waals surface area (Å²) in [6.45, 7) is 3.93. The molecule has 2 aromatic rings. The number of para-hydroxylation sites is 2. The molecule has 0 N–H and O–H groups in total. The molecule has 22 heavy (non-hydrogen) atoms. The van der Waals surface area contributed by atoms with Gasteiger partial charge in [0.2, 0.25) is 0 Å². The first kappa shape index (κ1) is 14.6. The van der Waals surface area contributed by atoms with E-state index in [9.17, 15) is 4.79 Å². The number of amides is 1. The van der Waals surface area contributed by atoms with Crippen molar-refractivity contribution in [1.29, 1.82) is 0 Å². The van der Waals surface area contributed by atoms with Crippen molar-refractivity contribution in [2.45, 2.75) is 13.3 Å². The summed E-state index contributed by atoms with van der Waals surface area (Å²) >= 11 is 0. The van der Waals surface area contributed by atoms with Crippen LogP contribution < -0.4 is 4.90 Å². The molecule has 0 radical (unpaired) electrons. The Hall–Kier alpha value is -2.29. The summed E-state index contributed by atoms with van der Waals surface area (Å²) in [5.74, 6) is 0.741. The molecule has 0 aliphatic carbocycles. The molecule has 1 aliphatic heterocycles. The summed E-state index contributed by atoms with van der Waals surface area (Å²) in [4.78, 5) is 16.9. The number of benzene rings is 2. The third-order valence-electron chi connectivity index (χ3n) is 4.35. The molecule has 0 saturated carbocycles. The first-order valence-electron chi connectivity index (χ1n) is 7.84. The van der Waals surface area contributed by atoms with E-state index in [0.29, 0.717) is 5.92 Å². The van der Waals surface area contributed by atoms with Gasteiger partial charge in [-0.2, -0.15) is 0 Å². The van der Waals surface area contributed by atoms with Crippen molar-refractivity contribution in [1.82, 2.24) is 4.90 Å². The Labute approximate surface area is 132 Å². The van der Waals surface area contributed by atoms with Crippen LogP contribution >= 0.6 is 0 Å². The van der Waals surface area contributed by atoms with Crippen LogP contribution in [-0.2, 0) is 0 Å². The van der Waals surface area contributed by atoms with E-state index in [-0.39, 0.29) is 5.91 Å². The van der Waals surface area contributed by atoms with Crippen LogP contribution in [0.15, 0.2) is 54.6 Å². The highest BCUT2D eigenvalue weighted by molar-refractivity contribution is 6.00. The number of hydrogen-bond donors (Lipinski definition) is 0.